The van der Waals surface area contributed by atoms with Crippen molar-refractivity contribution in [1.82, 2.24) is 0 Å². The Kier molecular flexibility index (Phi) is 3.67. The summed E-state index contributed by atoms with van der Waals surface area (Å²) >= 11 is 0. The van der Waals surface area contributed by atoms with Gasteiger partial charge in [0.2, 0.25) is 0 Å². The van der Waals surface area contributed by atoms with Gasteiger partial charge >= 0.3 is 5.97 Å². The number of nitrogens with zero attached hydrogens (tertiary/aromatic N) is 1. The van der Waals surface area contributed by atoms with E-state index in [1.54, 1.807) is 13.0 Å². The smallest absolute Gasteiger partial charge is 0.341 e. The van der Waals surface area contributed by atoms with Gasteiger partial charge in [0.15, 0.2) is 0 Å². The van der Waals surface area contributed by atoms with Gasteiger partial charge in [0.05, 0.1) is 7.11 Å². The molecule has 0 unspecified atom stereocenters. The number of primary amides is 1. The normalized spacial score (nSPS) is 10.8. The van der Waals surface area contributed by atoms with Crippen LogP contribution >= 0.6 is 0 Å². The molecule has 17 heavy (non-hydrogen) atoms. The zero-order valence-electron chi connectivity index (χ0n) is 9.31. The number of aryl methyl sites for hydroxylation is 1. The Labute approximate surface area is 97.3 Å². The number of carbonyl (C=O) groups is 2. The quantitative estimate of drug-likeness (QED) is 0.472. The molecule has 6 heteroatoms. The third-order valence-electron chi connectivity index (χ3n) is 2.01. The van der Waals surface area contributed by atoms with Crippen LogP contribution in [-0.2, 0) is 9.53 Å². The van der Waals surface area contributed by atoms with Gasteiger partial charge in [-0.05, 0) is 13.0 Å². The summed E-state index contributed by atoms with van der Waals surface area (Å²) < 4.78 is 9.72. The molecule has 1 aromatic heterocycles. The Morgan fingerprint density at radius 1 is 1.59 bits per heavy atom. The van der Waals surface area contributed by atoms with Crippen LogP contribution in [0.2, 0.25) is 0 Å². The van der Waals surface area contributed by atoms with Gasteiger partial charge in [-0.25, -0.2) is 4.79 Å². The predicted octanol–water partition coefficient (Wildman–Crippen LogP) is 0.767. The zero-order chi connectivity index (χ0) is 13.0. The molecule has 0 saturated heterocycles. The number of esters is 1. The number of furan rings is 1. The van der Waals surface area contributed by atoms with Gasteiger partial charge in [-0.3, -0.25) is 4.79 Å². The van der Waals surface area contributed by atoms with E-state index in [0.29, 0.717) is 5.76 Å². The first-order valence-corrected chi connectivity index (χ1v) is 4.60. The second-order valence-corrected chi connectivity index (χ2v) is 3.14. The lowest BCUT2D eigenvalue weighted by Crippen LogP contribution is -2.12. The number of rotatable bonds is 3. The van der Waals surface area contributed by atoms with Crippen LogP contribution < -0.4 is 5.73 Å². The van der Waals surface area contributed by atoms with Crippen molar-refractivity contribution in [3.8, 4) is 6.07 Å². The second kappa shape index (κ2) is 4.99. The Morgan fingerprint density at radius 3 is 2.71 bits per heavy atom. The Morgan fingerprint density at radius 2 is 2.24 bits per heavy atom. The van der Waals surface area contributed by atoms with E-state index in [4.69, 9.17) is 15.4 Å². The summed E-state index contributed by atoms with van der Waals surface area (Å²) in [5.74, 6) is -0.882. The molecule has 0 saturated carbocycles. The molecule has 0 radical (unpaired) electrons. The van der Waals surface area contributed by atoms with Crippen molar-refractivity contribution in [2.45, 2.75) is 6.92 Å². The van der Waals surface area contributed by atoms with E-state index in [1.165, 1.54) is 19.3 Å². The van der Waals surface area contributed by atoms with Gasteiger partial charge in [0.1, 0.15) is 28.7 Å². The number of hydrogen-bond acceptors (Lipinski definition) is 5. The van der Waals surface area contributed by atoms with Crippen molar-refractivity contribution in [3.63, 3.8) is 0 Å². The number of nitriles is 1. The molecule has 1 rings (SSSR count). The maximum Gasteiger partial charge on any atom is 0.341 e. The summed E-state index contributed by atoms with van der Waals surface area (Å²) in [4.78, 5) is 22.1. The van der Waals surface area contributed by atoms with Crippen molar-refractivity contribution >= 4 is 18.0 Å². The average Bonchev–Trinajstić information content (AvgIpc) is 2.65. The SMILES string of the molecule is COC(=O)c1cc(/C=C(/C#N)C(N)=O)oc1C. The highest BCUT2D eigenvalue weighted by Crippen LogP contribution is 2.18. The second-order valence-electron chi connectivity index (χ2n) is 3.14. The number of methoxy groups -OCH3 is 1. The maximum atomic E-state index is 11.3. The first-order chi connectivity index (χ1) is 7.99. The summed E-state index contributed by atoms with van der Waals surface area (Å²) in [7, 11) is 1.24. The highest BCUT2D eigenvalue weighted by Gasteiger charge is 2.15. The number of nitrogens with two attached hydrogens (primary N) is 1. The number of carbonyl (C=O) groups excluding carboxylic acids is 2. The Bertz CT molecular complexity index is 534. The fraction of sp³-hybridized carbons (Fsp3) is 0.182. The molecule has 0 aliphatic carbocycles. The predicted molar refractivity (Wildman–Crippen MR) is 57.6 cm³/mol. The minimum Gasteiger partial charge on any atom is -0.465 e. The molecule has 0 aliphatic rings. The molecular formula is C11H10N2O4. The lowest BCUT2D eigenvalue weighted by molar-refractivity contribution is -0.114. The molecule has 0 bridgehead atoms. The van der Waals surface area contributed by atoms with E-state index in [9.17, 15) is 9.59 Å². The van der Waals surface area contributed by atoms with Crippen molar-refractivity contribution in [2.24, 2.45) is 5.73 Å². The molecule has 2 N–H and O–H groups in total. The molecule has 0 spiro atoms. The van der Waals surface area contributed by atoms with E-state index in [1.807, 2.05) is 0 Å². The largest absolute Gasteiger partial charge is 0.465 e. The van der Waals surface area contributed by atoms with E-state index in [0.717, 1.165) is 0 Å². The van der Waals surface area contributed by atoms with Crippen LogP contribution in [0.25, 0.3) is 6.08 Å². The first-order valence-electron chi connectivity index (χ1n) is 4.60. The molecule has 88 valence electrons. The summed E-state index contributed by atoms with van der Waals surface area (Å²) in [6.45, 7) is 1.57. The monoisotopic (exact) mass is 234 g/mol. The van der Waals surface area contributed by atoms with Crippen molar-refractivity contribution in [3.05, 3.63) is 28.7 Å². The molecule has 1 aromatic rings. The summed E-state index contributed by atoms with van der Waals surface area (Å²) in [6.07, 6.45) is 1.17. The third kappa shape index (κ3) is 2.72. The summed E-state index contributed by atoms with van der Waals surface area (Å²) in [6, 6.07) is 3.01. The standard InChI is InChI=1S/C11H10N2O4/c1-6-9(11(15)16-2)4-8(17-6)3-7(5-12)10(13)14/h3-4H,1-2H3,(H2,13,14)/b7-3-. The lowest BCUT2D eigenvalue weighted by Gasteiger charge is -1.93. The number of hydrogen-bond donors (Lipinski definition) is 1. The highest BCUT2D eigenvalue weighted by molar-refractivity contribution is 6.00. The molecule has 6 nitrogen and oxygen atoms in total. The maximum absolute atomic E-state index is 11.3. The molecule has 1 amide bonds. The van der Waals surface area contributed by atoms with Crippen LogP contribution in [0.15, 0.2) is 16.1 Å². The minimum absolute atomic E-state index is 0.193. The Hall–Kier alpha value is -2.55. The van der Waals surface area contributed by atoms with Crippen LogP contribution in [0.4, 0.5) is 0 Å². The van der Waals surface area contributed by atoms with Gasteiger partial charge in [-0.2, -0.15) is 5.26 Å². The molecule has 1 heterocycles. The molecule has 0 atom stereocenters. The summed E-state index contributed by atoms with van der Waals surface area (Å²) in [5.41, 5.74) is 4.94. The van der Waals surface area contributed by atoms with Gasteiger partial charge in [0.25, 0.3) is 5.91 Å². The number of amides is 1. The van der Waals surface area contributed by atoms with Gasteiger partial charge < -0.3 is 14.9 Å². The highest BCUT2D eigenvalue weighted by atomic mass is 16.5. The summed E-state index contributed by atoms with van der Waals surface area (Å²) in [5, 5.41) is 8.64. The third-order valence-corrected chi connectivity index (χ3v) is 2.01. The van der Waals surface area contributed by atoms with Gasteiger partial charge in [-0.1, -0.05) is 0 Å². The first kappa shape index (κ1) is 12.5. The van der Waals surface area contributed by atoms with Crippen molar-refractivity contribution in [1.29, 1.82) is 5.26 Å². The number of ether oxygens (including phenoxy) is 1. The molecule has 0 aromatic carbocycles. The van der Waals surface area contributed by atoms with Crippen LogP contribution in [0, 0.1) is 18.3 Å². The molecular weight excluding hydrogens is 224 g/mol. The van der Waals surface area contributed by atoms with Crippen LogP contribution in [-0.4, -0.2) is 19.0 Å². The van der Waals surface area contributed by atoms with Crippen LogP contribution in [0.3, 0.4) is 0 Å². The van der Waals surface area contributed by atoms with E-state index < -0.39 is 11.9 Å². The Balaban J connectivity index is 3.15. The minimum atomic E-state index is -0.860. The topological polar surface area (TPSA) is 106 Å². The van der Waals surface area contributed by atoms with E-state index >= 15 is 0 Å². The van der Waals surface area contributed by atoms with E-state index in [-0.39, 0.29) is 16.9 Å². The van der Waals surface area contributed by atoms with Crippen molar-refractivity contribution in [2.75, 3.05) is 7.11 Å². The van der Waals surface area contributed by atoms with Gasteiger partial charge in [-0.15, -0.1) is 0 Å². The molecule has 0 aliphatic heterocycles. The molecule has 0 fully saturated rings. The van der Waals surface area contributed by atoms with Gasteiger partial charge in [0, 0.05) is 6.08 Å². The zero-order valence-corrected chi connectivity index (χ0v) is 9.31. The fourth-order valence-electron chi connectivity index (χ4n) is 1.19. The lowest BCUT2D eigenvalue weighted by atomic mass is 10.2. The van der Waals surface area contributed by atoms with E-state index in [2.05, 4.69) is 4.74 Å². The average molecular weight is 234 g/mol. The van der Waals surface area contributed by atoms with Crippen LogP contribution in [0.1, 0.15) is 21.9 Å². The fourth-order valence-corrected chi connectivity index (χ4v) is 1.19. The van der Waals surface area contributed by atoms with Crippen molar-refractivity contribution < 1.29 is 18.7 Å². The van der Waals surface area contributed by atoms with Crippen LogP contribution in [0.5, 0.6) is 0 Å².